The molecule has 0 radical (unpaired) electrons. The predicted octanol–water partition coefficient (Wildman–Crippen LogP) is 3.02. The molecule has 20 heavy (non-hydrogen) atoms. The van der Waals surface area contributed by atoms with E-state index in [1.807, 2.05) is 0 Å². The molecule has 1 saturated carbocycles. The molecule has 0 bridgehead atoms. The van der Waals surface area contributed by atoms with Crippen molar-refractivity contribution in [2.45, 2.75) is 44.8 Å². The van der Waals surface area contributed by atoms with Crippen molar-refractivity contribution in [3.8, 4) is 5.75 Å². The van der Waals surface area contributed by atoms with E-state index in [4.69, 9.17) is 9.47 Å². The van der Waals surface area contributed by atoms with Crippen molar-refractivity contribution >= 4 is 11.8 Å². The Morgan fingerprint density at radius 1 is 1.35 bits per heavy atom. The molecule has 0 aromatic heterocycles. The summed E-state index contributed by atoms with van der Waals surface area (Å²) in [4.78, 5) is 11.7. The Balaban J connectivity index is 2.12. The summed E-state index contributed by atoms with van der Waals surface area (Å²) < 4.78 is 10.5. The second-order valence-electron chi connectivity index (χ2n) is 6.07. The number of anilines is 1. The van der Waals surface area contributed by atoms with Gasteiger partial charge in [0.2, 0.25) is 0 Å². The molecule has 1 fully saturated rings. The van der Waals surface area contributed by atoms with Crippen molar-refractivity contribution in [2.75, 3.05) is 12.4 Å². The van der Waals surface area contributed by atoms with Gasteiger partial charge in [-0.25, -0.2) is 4.79 Å². The number of hydrogen-bond donors (Lipinski definition) is 2. The number of carbonyl (C=O) groups is 1. The number of hydrogen-bond acceptors (Lipinski definition) is 4. The van der Waals surface area contributed by atoms with Crippen LogP contribution in [0.4, 0.5) is 10.5 Å². The van der Waals surface area contributed by atoms with E-state index in [1.54, 1.807) is 46.1 Å². The normalized spacial score (nSPS) is 16.4. The summed E-state index contributed by atoms with van der Waals surface area (Å²) in [5.41, 5.74) is 0.0198. The Kier molecular flexibility index (Phi) is 3.65. The average molecular weight is 279 g/mol. The standard InChI is InChI=1S/C15H21NO4/c1-14(2,3)20-13(17)16-10-5-6-11(12(9-10)19-4)15(18)7-8-15/h5-6,9,18H,7-8H2,1-4H3,(H,16,17). The first kappa shape index (κ1) is 14.7. The van der Waals surface area contributed by atoms with Gasteiger partial charge in [0.25, 0.3) is 0 Å². The van der Waals surface area contributed by atoms with Crippen molar-refractivity contribution in [1.29, 1.82) is 0 Å². The molecule has 5 nitrogen and oxygen atoms in total. The van der Waals surface area contributed by atoms with Crippen molar-refractivity contribution < 1.29 is 19.4 Å². The van der Waals surface area contributed by atoms with Gasteiger partial charge in [0.15, 0.2) is 0 Å². The highest BCUT2D eigenvalue weighted by Crippen LogP contribution is 2.49. The zero-order chi connectivity index (χ0) is 15.0. The number of rotatable bonds is 3. The third-order valence-electron chi connectivity index (χ3n) is 3.07. The Morgan fingerprint density at radius 3 is 2.50 bits per heavy atom. The van der Waals surface area contributed by atoms with E-state index >= 15 is 0 Å². The fourth-order valence-electron chi connectivity index (χ4n) is 1.96. The molecule has 2 rings (SSSR count). The molecule has 1 aliphatic carbocycles. The molecular formula is C15H21NO4. The van der Waals surface area contributed by atoms with Crippen LogP contribution in [0.1, 0.15) is 39.2 Å². The first-order valence-corrected chi connectivity index (χ1v) is 6.64. The van der Waals surface area contributed by atoms with E-state index in [0.717, 1.165) is 18.4 Å². The quantitative estimate of drug-likeness (QED) is 0.892. The van der Waals surface area contributed by atoms with Gasteiger partial charge in [0.05, 0.1) is 12.7 Å². The van der Waals surface area contributed by atoms with Gasteiger partial charge in [-0.2, -0.15) is 0 Å². The highest BCUT2D eigenvalue weighted by Gasteiger charge is 2.44. The molecule has 0 atom stereocenters. The summed E-state index contributed by atoms with van der Waals surface area (Å²) in [6.45, 7) is 5.41. The lowest BCUT2D eigenvalue weighted by Crippen LogP contribution is -2.27. The van der Waals surface area contributed by atoms with Crippen LogP contribution in [-0.2, 0) is 10.3 Å². The van der Waals surface area contributed by atoms with Crippen LogP contribution in [0.2, 0.25) is 0 Å². The van der Waals surface area contributed by atoms with Gasteiger partial charge in [-0.3, -0.25) is 5.32 Å². The lowest BCUT2D eigenvalue weighted by Gasteiger charge is -2.20. The van der Waals surface area contributed by atoms with Crippen LogP contribution in [0, 0.1) is 0 Å². The zero-order valence-electron chi connectivity index (χ0n) is 12.3. The molecule has 1 aromatic carbocycles. The molecular weight excluding hydrogens is 258 g/mol. The van der Waals surface area contributed by atoms with Gasteiger partial charge in [-0.05, 0) is 39.7 Å². The van der Waals surface area contributed by atoms with Gasteiger partial charge < -0.3 is 14.6 Å². The summed E-state index contributed by atoms with van der Waals surface area (Å²) in [6, 6.07) is 5.20. The van der Waals surface area contributed by atoms with Crippen LogP contribution in [0.5, 0.6) is 5.75 Å². The SMILES string of the molecule is COc1cc(NC(=O)OC(C)(C)C)ccc1C1(O)CC1. The van der Waals surface area contributed by atoms with Crippen molar-refractivity contribution in [2.24, 2.45) is 0 Å². The van der Waals surface area contributed by atoms with E-state index in [0.29, 0.717) is 11.4 Å². The first-order valence-electron chi connectivity index (χ1n) is 6.64. The molecule has 2 N–H and O–H groups in total. The summed E-state index contributed by atoms with van der Waals surface area (Å²) in [6.07, 6.45) is 0.960. The van der Waals surface area contributed by atoms with E-state index in [-0.39, 0.29) is 0 Å². The minimum atomic E-state index is -0.768. The molecule has 110 valence electrons. The van der Waals surface area contributed by atoms with Crippen LogP contribution in [0.25, 0.3) is 0 Å². The molecule has 1 aromatic rings. The Bertz CT molecular complexity index is 515. The molecule has 5 heteroatoms. The van der Waals surface area contributed by atoms with Gasteiger partial charge >= 0.3 is 6.09 Å². The number of carbonyl (C=O) groups excluding carboxylic acids is 1. The maximum Gasteiger partial charge on any atom is 0.412 e. The molecule has 0 spiro atoms. The molecule has 1 aliphatic rings. The third kappa shape index (κ3) is 3.42. The molecule has 0 saturated heterocycles. The van der Waals surface area contributed by atoms with Gasteiger partial charge in [-0.15, -0.1) is 0 Å². The van der Waals surface area contributed by atoms with E-state index in [9.17, 15) is 9.90 Å². The minimum Gasteiger partial charge on any atom is -0.496 e. The summed E-state index contributed by atoms with van der Waals surface area (Å²) in [5, 5.41) is 12.8. The highest BCUT2D eigenvalue weighted by molar-refractivity contribution is 5.85. The highest BCUT2D eigenvalue weighted by atomic mass is 16.6. The number of ether oxygens (including phenoxy) is 2. The number of nitrogens with one attached hydrogen (secondary N) is 1. The van der Waals surface area contributed by atoms with Gasteiger partial charge in [0, 0.05) is 17.3 Å². The molecule has 0 aliphatic heterocycles. The lowest BCUT2D eigenvalue weighted by atomic mass is 10.1. The van der Waals surface area contributed by atoms with E-state index in [2.05, 4.69) is 5.32 Å². The fourth-order valence-corrected chi connectivity index (χ4v) is 1.96. The molecule has 0 heterocycles. The number of amides is 1. The molecule has 0 unspecified atom stereocenters. The van der Waals surface area contributed by atoms with Crippen LogP contribution >= 0.6 is 0 Å². The Labute approximate surface area is 118 Å². The number of methoxy groups -OCH3 is 1. The van der Waals surface area contributed by atoms with Gasteiger partial charge in [0.1, 0.15) is 11.4 Å². The lowest BCUT2D eigenvalue weighted by molar-refractivity contribution is 0.0636. The second kappa shape index (κ2) is 4.98. The monoisotopic (exact) mass is 279 g/mol. The fraction of sp³-hybridized carbons (Fsp3) is 0.533. The topological polar surface area (TPSA) is 67.8 Å². The van der Waals surface area contributed by atoms with Crippen molar-refractivity contribution in [1.82, 2.24) is 0 Å². The van der Waals surface area contributed by atoms with Crippen LogP contribution in [0.3, 0.4) is 0 Å². The van der Waals surface area contributed by atoms with Crippen LogP contribution < -0.4 is 10.1 Å². The first-order chi connectivity index (χ1) is 9.23. The average Bonchev–Trinajstić information content (AvgIpc) is 3.05. The Morgan fingerprint density at radius 2 is 2.00 bits per heavy atom. The Hall–Kier alpha value is -1.75. The van der Waals surface area contributed by atoms with Crippen molar-refractivity contribution in [3.63, 3.8) is 0 Å². The maximum atomic E-state index is 11.7. The maximum absolute atomic E-state index is 11.7. The van der Waals surface area contributed by atoms with E-state index < -0.39 is 17.3 Å². The van der Waals surface area contributed by atoms with Crippen LogP contribution in [0.15, 0.2) is 18.2 Å². The minimum absolute atomic E-state index is 0.516. The summed E-state index contributed by atoms with van der Waals surface area (Å²) in [7, 11) is 1.54. The second-order valence-corrected chi connectivity index (χ2v) is 6.07. The van der Waals surface area contributed by atoms with Crippen LogP contribution in [-0.4, -0.2) is 23.9 Å². The number of benzene rings is 1. The summed E-state index contributed by atoms with van der Waals surface area (Å²) >= 11 is 0. The summed E-state index contributed by atoms with van der Waals surface area (Å²) in [5.74, 6) is 0.568. The smallest absolute Gasteiger partial charge is 0.412 e. The third-order valence-corrected chi connectivity index (χ3v) is 3.07. The van der Waals surface area contributed by atoms with E-state index in [1.165, 1.54) is 0 Å². The zero-order valence-corrected chi connectivity index (χ0v) is 12.3. The van der Waals surface area contributed by atoms with Gasteiger partial charge in [-0.1, -0.05) is 6.07 Å². The largest absolute Gasteiger partial charge is 0.496 e. The number of aliphatic hydroxyl groups is 1. The molecule has 1 amide bonds. The van der Waals surface area contributed by atoms with Crippen molar-refractivity contribution in [3.05, 3.63) is 23.8 Å². The predicted molar refractivity (Wildman–Crippen MR) is 76.0 cm³/mol.